The third-order valence-corrected chi connectivity index (χ3v) is 5.39. The van der Waals surface area contributed by atoms with Crippen molar-refractivity contribution in [3.05, 3.63) is 70.7 Å². The summed E-state index contributed by atoms with van der Waals surface area (Å²) < 4.78 is 14.9. The summed E-state index contributed by atoms with van der Waals surface area (Å²) in [6.07, 6.45) is 1.74. The molecule has 4 rings (SSSR count). The number of para-hydroxylation sites is 1. The smallest absolute Gasteiger partial charge is 0.275 e. The fourth-order valence-electron chi connectivity index (χ4n) is 3.31. The van der Waals surface area contributed by atoms with E-state index in [2.05, 4.69) is 28.6 Å². The predicted molar refractivity (Wildman–Crippen MR) is 107 cm³/mol. The highest BCUT2D eigenvalue weighted by Gasteiger charge is 2.26. The maximum absolute atomic E-state index is 13.1. The van der Waals surface area contributed by atoms with Crippen molar-refractivity contribution in [2.75, 3.05) is 6.79 Å². The lowest BCUT2D eigenvalue weighted by molar-refractivity contribution is 0.0659. The molecule has 0 saturated carbocycles. The third kappa shape index (κ3) is 3.99. The number of rotatable bonds is 7. The van der Waals surface area contributed by atoms with E-state index in [1.807, 2.05) is 41.3 Å². The van der Waals surface area contributed by atoms with Gasteiger partial charge in [0.25, 0.3) is 5.91 Å². The number of hydrogen-bond acceptors (Lipinski definition) is 6. The molecule has 1 aliphatic rings. The number of fused-ring (bicyclic) bond motifs is 1. The number of hydrogen-bond donors (Lipinski definition) is 0. The first-order valence-electron chi connectivity index (χ1n) is 9.22. The Morgan fingerprint density at radius 3 is 2.82 bits per heavy atom. The van der Waals surface area contributed by atoms with E-state index in [0.717, 1.165) is 24.2 Å². The highest BCUT2D eigenvalue weighted by atomic mass is 32.1. The van der Waals surface area contributed by atoms with Crippen LogP contribution in [0.3, 0.4) is 0 Å². The van der Waals surface area contributed by atoms with Crippen LogP contribution in [0.5, 0.6) is 11.5 Å². The van der Waals surface area contributed by atoms with Crippen molar-refractivity contribution < 1.29 is 14.3 Å². The number of aryl methyl sites for hydroxylation is 1. The Morgan fingerprint density at radius 2 is 2.04 bits per heavy atom. The zero-order chi connectivity index (χ0) is 19.3. The van der Waals surface area contributed by atoms with Crippen LogP contribution in [0.25, 0.3) is 0 Å². The summed E-state index contributed by atoms with van der Waals surface area (Å²) in [5.74, 6) is 1.31. The zero-order valence-electron chi connectivity index (χ0n) is 15.6. The summed E-state index contributed by atoms with van der Waals surface area (Å²) in [5.41, 5.74) is 2.56. The van der Waals surface area contributed by atoms with Gasteiger partial charge in [0.2, 0.25) is 6.79 Å². The van der Waals surface area contributed by atoms with Crippen molar-refractivity contribution >= 4 is 17.4 Å². The van der Waals surface area contributed by atoms with Crippen LogP contribution in [0.15, 0.2) is 53.9 Å². The first kappa shape index (κ1) is 18.4. The molecule has 0 radical (unpaired) electrons. The number of carbonyl (C=O) groups excluding carboxylic acids is 1. The standard InChI is InChI=1S/C21H21N3O3S/c1-15(10-11-16-6-3-2-4-7-16)24(21(25)18-13-28-23-22-18)12-17-8-5-9-19-20(17)27-14-26-19/h2-9,13,15H,10-12,14H2,1H3/t15-/m0/s1. The fourth-order valence-corrected chi connectivity index (χ4v) is 3.74. The Hall–Kier alpha value is -2.93. The molecule has 3 aromatic rings. The first-order chi connectivity index (χ1) is 13.7. The van der Waals surface area contributed by atoms with Gasteiger partial charge < -0.3 is 14.4 Å². The van der Waals surface area contributed by atoms with E-state index in [1.165, 1.54) is 17.1 Å². The first-order valence-corrected chi connectivity index (χ1v) is 10.1. The summed E-state index contributed by atoms with van der Waals surface area (Å²) in [7, 11) is 0. The topological polar surface area (TPSA) is 64.6 Å². The molecular weight excluding hydrogens is 374 g/mol. The average Bonchev–Trinajstić information content (AvgIpc) is 3.42. The van der Waals surface area contributed by atoms with Crippen molar-refractivity contribution in [1.82, 2.24) is 14.5 Å². The van der Waals surface area contributed by atoms with E-state index in [1.54, 1.807) is 5.38 Å². The summed E-state index contributed by atoms with van der Waals surface area (Å²) in [4.78, 5) is 15.0. The quantitative estimate of drug-likeness (QED) is 0.606. The molecule has 28 heavy (non-hydrogen) atoms. The van der Waals surface area contributed by atoms with Crippen LogP contribution in [-0.4, -0.2) is 33.2 Å². The molecule has 6 nitrogen and oxygen atoms in total. The number of nitrogens with zero attached hydrogens (tertiary/aromatic N) is 3. The van der Waals surface area contributed by atoms with Crippen molar-refractivity contribution in [3.8, 4) is 11.5 Å². The van der Waals surface area contributed by atoms with Crippen LogP contribution in [0.4, 0.5) is 0 Å². The van der Waals surface area contributed by atoms with Crippen LogP contribution >= 0.6 is 11.5 Å². The van der Waals surface area contributed by atoms with Gasteiger partial charge in [-0.3, -0.25) is 4.79 Å². The molecule has 0 fully saturated rings. The second kappa shape index (κ2) is 8.39. The van der Waals surface area contributed by atoms with Crippen molar-refractivity contribution in [3.63, 3.8) is 0 Å². The molecular formula is C21H21N3O3S. The minimum Gasteiger partial charge on any atom is -0.454 e. The van der Waals surface area contributed by atoms with Gasteiger partial charge in [0.15, 0.2) is 17.2 Å². The molecule has 0 spiro atoms. The highest BCUT2D eigenvalue weighted by molar-refractivity contribution is 7.03. The Balaban J connectivity index is 1.55. The Bertz CT molecular complexity index is 931. The van der Waals surface area contributed by atoms with E-state index >= 15 is 0 Å². The molecule has 7 heteroatoms. The van der Waals surface area contributed by atoms with Gasteiger partial charge in [-0.2, -0.15) is 0 Å². The lowest BCUT2D eigenvalue weighted by Gasteiger charge is -2.29. The van der Waals surface area contributed by atoms with Gasteiger partial charge in [-0.25, -0.2) is 0 Å². The van der Waals surface area contributed by atoms with E-state index in [-0.39, 0.29) is 18.7 Å². The molecule has 0 N–H and O–H groups in total. The lowest BCUT2D eigenvalue weighted by Crippen LogP contribution is -2.38. The number of amides is 1. The van der Waals surface area contributed by atoms with Gasteiger partial charge in [0.1, 0.15) is 0 Å². The molecule has 1 amide bonds. The summed E-state index contributed by atoms with van der Waals surface area (Å²) >= 11 is 1.18. The second-order valence-corrected chi connectivity index (χ2v) is 7.36. The average molecular weight is 395 g/mol. The van der Waals surface area contributed by atoms with Gasteiger partial charge in [-0.15, -0.1) is 5.10 Å². The summed E-state index contributed by atoms with van der Waals surface area (Å²) in [6, 6.07) is 16.1. The molecule has 0 unspecified atom stereocenters. The van der Waals surface area contributed by atoms with Crippen LogP contribution in [0, 0.1) is 0 Å². The van der Waals surface area contributed by atoms with E-state index in [4.69, 9.17) is 9.47 Å². The molecule has 144 valence electrons. The summed E-state index contributed by atoms with van der Waals surface area (Å²) in [6.45, 7) is 2.71. The molecule has 1 aliphatic heterocycles. The molecule has 1 aromatic heterocycles. The van der Waals surface area contributed by atoms with Crippen molar-refractivity contribution in [1.29, 1.82) is 0 Å². The number of aromatic nitrogens is 2. The predicted octanol–water partition coefficient (Wildman–Crippen LogP) is 3.93. The largest absolute Gasteiger partial charge is 0.454 e. The van der Waals surface area contributed by atoms with Crippen LogP contribution in [0.2, 0.25) is 0 Å². The minimum atomic E-state index is -0.120. The normalized spacial score (nSPS) is 13.3. The molecule has 0 saturated heterocycles. The lowest BCUT2D eigenvalue weighted by atomic mass is 10.0. The molecule has 0 bridgehead atoms. The van der Waals surface area contributed by atoms with Gasteiger partial charge in [-0.1, -0.05) is 47.0 Å². The van der Waals surface area contributed by atoms with Gasteiger partial charge in [0, 0.05) is 17.0 Å². The summed E-state index contributed by atoms with van der Waals surface area (Å²) in [5, 5.41) is 5.66. The van der Waals surface area contributed by atoms with Gasteiger partial charge in [0.05, 0.1) is 6.54 Å². The monoisotopic (exact) mass is 395 g/mol. The van der Waals surface area contributed by atoms with Crippen molar-refractivity contribution in [2.24, 2.45) is 0 Å². The Labute approximate surface area is 167 Å². The van der Waals surface area contributed by atoms with E-state index in [0.29, 0.717) is 18.0 Å². The fraction of sp³-hybridized carbons (Fsp3) is 0.286. The number of benzene rings is 2. The van der Waals surface area contributed by atoms with Crippen LogP contribution < -0.4 is 9.47 Å². The van der Waals surface area contributed by atoms with E-state index in [9.17, 15) is 4.79 Å². The Kier molecular flexibility index (Phi) is 5.53. The maximum atomic E-state index is 13.1. The Morgan fingerprint density at radius 1 is 1.18 bits per heavy atom. The molecule has 2 heterocycles. The number of ether oxygens (including phenoxy) is 2. The van der Waals surface area contributed by atoms with E-state index < -0.39 is 0 Å². The number of carbonyl (C=O) groups is 1. The maximum Gasteiger partial charge on any atom is 0.275 e. The minimum absolute atomic E-state index is 0.0209. The zero-order valence-corrected chi connectivity index (χ0v) is 16.4. The molecule has 0 aliphatic carbocycles. The van der Waals surface area contributed by atoms with Crippen LogP contribution in [-0.2, 0) is 13.0 Å². The second-order valence-electron chi connectivity index (χ2n) is 6.75. The van der Waals surface area contributed by atoms with Crippen LogP contribution in [0.1, 0.15) is 35.0 Å². The molecule has 1 atom stereocenters. The van der Waals surface area contributed by atoms with Gasteiger partial charge >= 0.3 is 0 Å². The molecule has 2 aromatic carbocycles. The van der Waals surface area contributed by atoms with Gasteiger partial charge in [-0.05, 0) is 42.9 Å². The highest BCUT2D eigenvalue weighted by Crippen LogP contribution is 2.36. The SMILES string of the molecule is C[C@@H](CCc1ccccc1)N(Cc1cccc2c1OCO2)C(=O)c1csnn1. The third-order valence-electron chi connectivity index (χ3n) is 4.88. The van der Waals surface area contributed by atoms with Crippen molar-refractivity contribution in [2.45, 2.75) is 32.4 Å².